The molecule has 47 heavy (non-hydrogen) atoms. The van der Waals surface area contributed by atoms with E-state index in [1.165, 1.54) is 235 Å². The average Bonchev–Trinajstić information content (AvgIpc) is 3.08. The van der Waals surface area contributed by atoms with Gasteiger partial charge in [-0.15, -0.1) is 0 Å². The smallest absolute Gasteiger partial charge is 0.104 e. The lowest BCUT2D eigenvalue weighted by molar-refractivity contribution is -0.941. The van der Waals surface area contributed by atoms with Crippen molar-refractivity contribution in [2.45, 2.75) is 240 Å². The van der Waals surface area contributed by atoms with Crippen LogP contribution in [0.1, 0.15) is 238 Å². The summed E-state index contributed by atoms with van der Waals surface area (Å²) in [6.45, 7) is 14.7. The minimum atomic E-state index is 1.15. The monoisotopic (exact) mass is 655 g/mol. The van der Waals surface area contributed by atoms with Crippen LogP contribution in [0.5, 0.6) is 0 Å². The second kappa shape index (κ2) is 33.7. The summed E-state index contributed by atoms with van der Waals surface area (Å²) >= 11 is 0. The maximum absolute atomic E-state index is 2.44. The predicted octanol–water partition coefficient (Wildman–Crippen LogP) is 15.7. The van der Waals surface area contributed by atoms with E-state index < -0.39 is 0 Å². The van der Waals surface area contributed by atoms with E-state index in [0.29, 0.717) is 0 Å². The van der Waals surface area contributed by atoms with E-state index in [1.54, 1.807) is 5.56 Å². The van der Waals surface area contributed by atoms with Crippen molar-refractivity contribution in [3.8, 4) is 0 Å². The normalized spacial score (nSPS) is 12.9. The number of unbranched alkanes of at least 4 members (excludes halogenated alkanes) is 28. The lowest BCUT2D eigenvalue weighted by atomic mass is 10.0. The molecule has 0 amide bonds. The van der Waals surface area contributed by atoms with Crippen LogP contribution in [0.15, 0.2) is 24.3 Å². The first-order valence-electron chi connectivity index (χ1n) is 22.1. The van der Waals surface area contributed by atoms with Crippen LogP contribution in [-0.4, -0.2) is 24.1 Å². The van der Waals surface area contributed by atoms with Crippen molar-refractivity contribution in [2.75, 3.05) is 19.6 Å². The molecular weight excluding hydrogens is 567 g/mol. The molecule has 0 N–H and O–H groups in total. The lowest BCUT2D eigenvalue weighted by Crippen LogP contribution is -2.49. The van der Waals surface area contributed by atoms with Gasteiger partial charge in [-0.05, 0) is 44.1 Å². The lowest BCUT2D eigenvalue weighted by Gasteiger charge is -2.39. The molecule has 0 saturated heterocycles. The average molecular weight is 655 g/mol. The highest BCUT2D eigenvalue weighted by Crippen LogP contribution is 2.22. The zero-order chi connectivity index (χ0) is 33.9. The molecule has 0 heterocycles. The van der Waals surface area contributed by atoms with Crippen LogP contribution in [-0.2, 0) is 13.0 Å². The molecule has 0 aliphatic heterocycles. The highest BCUT2D eigenvalue weighted by atomic mass is 15.3. The third-order valence-electron chi connectivity index (χ3n) is 11.1. The van der Waals surface area contributed by atoms with Gasteiger partial charge < -0.3 is 4.48 Å². The first-order chi connectivity index (χ1) is 23.2. The molecule has 1 aromatic carbocycles. The van der Waals surface area contributed by atoms with E-state index in [-0.39, 0.29) is 0 Å². The van der Waals surface area contributed by atoms with Gasteiger partial charge in [-0.25, -0.2) is 0 Å². The Morgan fingerprint density at radius 1 is 0.298 bits per heavy atom. The van der Waals surface area contributed by atoms with Crippen molar-refractivity contribution in [3.05, 3.63) is 35.4 Å². The van der Waals surface area contributed by atoms with Crippen molar-refractivity contribution in [2.24, 2.45) is 0 Å². The standard InChI is InChI=1S/C46H88N/c1-5-9-11-13-15-17-19-21-23-24-26-28-30-32-34-36-43-47(41-7-3,44-46-39-37-45(8-4)38-40-46)42-35-33-31-29-27-25-22-20-18-16-14-12-10-6-2/h37-40H,5-36,41-44H2,1-4H3/q+1. The quantitative estimate of drug-likeness (QED) is 0.0495. The summed E-state index contributed by atoms with van der Waals surface area (Å²) in [5.41, 5.74) is 3.05. The molecule has 0 fully saturated rings. The van der Waals surface area contributed by atoms with Gasteiger partial charge in [0.1, 0.15) is 6.54 Å². The third-order valence-corrected chi connectivity index (χ3v) is 11.1. The maximum atomic E-state index is 2.44. The molecule has 0 aliphatic carbocycles. The SMILES string of the molecule is CCCCCCCCCCCCCCCCCC[N+](CCC)(CCCCCCCCCCCCCCCC)Cc1ccc(CC)cc1. The molecule has 0 saturated carbocycles. The van der Waals surface area contributed by atoms with Crippen LogP contribution in [0.2, 0.25) is 0 Å². The summed E-state index contributed by atoms with van der Waals surface area (Å²) in [5.74, 6) is 0. The molecule has 1 heteroatoms. The Bertz CT molecular complexity index is 738. The van der Waals surface area contributed by atoms with E-state index in [1.807, 2.05) is 0 Å². The Balaban J connectivity index is 2.30. The van der Waals surface area contributed by atoms with Gasteiger partial charge >= 0.3 is 0 Å². The molecular formula is C46H88N+. The fraction of sp³-hybridized carbons (Fsp3) is 0.870. The topological polar surface area (TPSA) is 0 Å². The van der Waals surface area contributed by atoms with E-state index in [0.717, 1.165) is 6.42 Å². The molecule has 1 unspecified atom stereocenters. The van der Waals surface area contributed by atoms with Crippen LogP contribution >= 0.6 is 0 Å². The van der Waals surface area contributed by atoms with Gasteiger partial charge in [0.05, 0.1) is 19.6 Å². The molecule has 0 radical (unpaired) electrons. The number of rotatable bonds is 37. The van der Waals surface area contributed by atoms with Crippen molar-refractivity contribution in [1.82, 2.24) is 0 Å². The largest absolute Gasteiger partial charge is 0.320 e. The third kappa shape index (κ3) is 26.7. The van der Waals surface area contributed by atoms with Crippen LogP contribution in [0.4, 0.5) is 0 Å². The second-order valence-electron chi connectivity index (χ2n) is 15.7. The number of aryl methyl sites for hydroxylation is 1. The molecule has 0 aliphatic rings. The van der Waals surface area contributed by atoms with Crippen LogP contribution < -0.4 is 0 Å². The van der Waals surface area contributed by atoms with E-state index in [2.05, 4.69) is 52.0 Å². The number of hydrogen-bond donors (Lipinski definition) is 0. The zero-order valence-corrected chi connectivity index (χ0v) is 33.2. The van der Waals surface area contributed by atoms with Crippen molar-refractivity contribution < 1.29 is 4.48 Å². The van der Waals surface area contributed by atoms with Crippen molar-refractivity contribution >= 4 is 0 Å². The number of hydrogen-bond acceptors (Lipinski definition) is 0. The minimum absolute atomic E-state index is 1.15. The molecule has 0 spiro atoms. The van der Waals surface area contributed by atoms with Gasteiger partial charge in [0.15, 0.2) is 0 Å². The molecule has 1 nitrogen and oxygen atoms in total. The number of quaternary nitrogens is 1. The fourth-order valence-electron chi connectivity index (χ4n) is 7.95. The Kier molecular flexibility index (Phi) is 31.7. The maximum Gasteiger partial charge on any atom is 0.104 e. The zero-order valence-electron chi connectivity index (χ0n) is 33.2. The Hall–Kier alpha value is -0.820. The van der Waals surface area contributed by atoms with Gasteiger partial charge in [0.25, 0.3) is 0 Å². The highest BCUT2D eigenvalue weighted by Gasteiger charge is 2.26. The summed E-state index contributed by atoms with van der Waals surface area (Å²) in [5, 5.41) is 0. The Morgan fingerprint density at radius 2 is 0.574 bits per heavy atom. The van der Waals surface area contributed by atoms with Crippen LogP contribution in [0, 0.1) is 0 Å². The highest BCUT2D eigenvalue weighted by molar-refractivity contribution is 5.21. The molecule has 276 valence electrons. The molecule has 0 aromatic heterocycles. The Labute approximate surface area is 298 Å². The number of nitrogens with zero attached hydrogens (tertiary/aromatic N) is 1. The van der Waals surface area contributed by atoms with E-state index in [4.69, 9.17) is 0 Å². The predicted molar refractivity (Wildman–Crippen MR) is 215 cm³/mol. The molecule has 0 bridgehead atoms. The molecule has 1 rings (SSSR count). The van der Waals surface area contributed by atoms with Gasteiger partial charge in [-0.2, -0.15) is 0 Å². The summed E-state index contributed by atoms with van der Waals surface area (Å²) in [6, 6.07) is 9.66. The van der Waals surface area contributed by atoms with Crippen LogP contribution in [0.25, 0.3) is 0 Å². The summed E-state index contributed by atoms with van der Waals surface area (Å²) in [6.07, 6.45) is 46.1. The molecule has 1 aromatic rings. The summed E-state index contributed by atoms with van der Waals surface area (Å²) < 4.78 is 1.33. The summed E-state index contributed by atoms with van der Waals surface area (Å²) in [7, 11) is 0. The van der Waals surface area contributed by atoms with Crippen molar-refractivity contribution in [3.63, 3.8) is 0 Å². The van der Waals surface area contributed by atoms with Crippen molar-refractivity contribution in [1.29, 1.82) is 0 Å². The van der Waals surface area contributed by atoms with E-state index in [9.17, 15) is 0 Å². The minimum Gasteiger partial charge on any atom is -0.320 e. The van der Waals surface area contributed by atoms with Crippen LogP contribution in [0.3, 0.4) is 0 Å². The van der Waals surface area contributed by atoms with Gasteiger partial charge in [0.2, 0.25) is 0 Å². The fourth-order valence-corrected chi connectivity index (χ4v) is 7.95. The van der Waals surface area contributed by atoms with Gasteiger partial charge in [0, 0.05) is 5.56 Å². The van der Waals surface area contributed by atoms with Gasteiger partial charge in [-0.1, -0.05) is 219 Å². The van der Waals surface area contributed by atoms with E-state index >= 15 is 0 Å². The van der Waals surface area contributed by atoms with Gasteiger partial charge in [-0.3, -0.25) is 0 Å². The Morgan fingerprint density at radius 3 is 0.851 bits per heavy atom. The second-order valence-corrected chi connectivity index (χ2v) is 15.7. The first kappa shape index (κ1) is 44.2. The molecule has 1 atom stereocenters. The number of benzene rings is 1. The first-order valence-corrected chi connectivity index (χ1v) is 22.1. The summed E-state index contributed by atoms with van der Waals surface area (Å²) in [4.78, 5) is 0.